The summed E-state index contributed by atoms with van der Waals surface area (Å²) in [7, 11) is 1.55. The van der Waals surface area contributed by atoms with Crippen LogP contribution in [-0.4, -0.2) is 34.3 Å². The predicted molar refractivity (Wildman–Crippen MR) is 125 cm³/mol. The van der Waals surface area contributed by atoms with E-state index in [4.69, 9.17) is 4.74 Å². The van der Waals surface area contributed by atoms with Gasteiger partial charge in [0.1, 0.15) is 16.5 Å². The van der Waals surface area contributed by atoms with E-state index in [0.717, 1.165) is 21.1 Å². The Labute approximate surface area is 189 Å². The predicted octanol–water partition coefficient (Wildman–Crippen LogP) is 3.78. The number of methoxy groups -OCH3 is 1. The number of hydrogen-bond acceptors (Lipinski definition) is 6. The van der Waals surface area contributed by atoms with E-state index in [-0.39, 0.29) is 24.6 Å². The molecule has 0 spiro atoms. The number of carbonyl (C=O) groups excluding carboxylic acids is 1. The average molecular weight is 447 g/mol. The van der Waals surface area contributed by atoms with Gasteiger partial charge in [0.05, 0.1) is 24.2 Å². The lowest BCUT2D eigenvalue weighted by Gasteiger charge is -2.09. The van der Waals surface area contributed by atoms with Crippen molar-refractivity contribution in [3.63, 3.8) is 0 Å². The average Bonchev–Trinajstić information content (AvgIpc) is 3.22. The van der Waals surface area contributed by atoms with E-state index in [1.54, 1.807) is 37.4 Å². The summed E-state index contributed by atoms with van der Waals surface area (Å²) >= 11 is 1.54. The lowest BCUT2D eigenvalue weighted by molar-refractivity contribution is 0.0951. The summed E-state index contributed by atoms with van der Waals surface area (Å²) < 4.78 is 6.51. The monoisotopic (exact) mass is 446 g/mol. The van der Waals surface area contributed by atoms with Gasteiger partial charge in [-0.2, -0.15) is 5.10 Å². The second kappa shape index (κ2) is 9.57. The second-order valence-corrected chi connectivity index (χ2v) is 8.07. The van der Waals surface area contributed by atoms with Crippen molar-refractivity contribution >= 4 is 17.2 Å². The van der Waals surface area contributed by atoms with E-state index in [2.05, 4.69) is 15.4 Å². The maximum atomic E-state index is 12.4. The minimum atomic E-state index is -0.237. The van der Waals surface area contributed by atoms with Gasteiger partial charge in [0.15, 0.2) is 0 Å². The molecule has 0 radical (unpaired) electrons. The molecule has 0 atom stereocenters. The third kappa shape index (κ3) is 4.76. The molecule has 7 nitrogen and oxygen atoms in total. The molecular formula is C24H22N4O3S. The van der Waals surface area contributed by atoms with Gasteiger partial charge in [0.2, 0.25) is 0 Å². The van der Waals surface area contributed by atoms with Crippen molar-refractivity contribution in [3.05, 3.63) is 88.3 Å². The van der Waals surface area contributed by atoms with Crippen LogP contribution in [0.3, 0.4) is 0 Å². The SMILES string of the molecule is COc1cccc(C(=O)NCCn2nc(-c3sc(-c4ccccc4)nc3C)ccc2=O)c1. The summed E-state index contributed by atoms with van der Waals surface area (Å²) in [5, 5.41) is 8.23. The Morgan fingerprint density at radius 1 is 1.09 bits per heavy atom. The highest BCUT2D eigenvalue weighted by Gasteiger charge is 2.14. The summed E-state index contributed by atoms with van der Waals surface area (Å²) in [4.78, 5) is 30.3. The summed E-state index contributed by atoms with van der Waals surface area (Å²) in [6, 6.07) is 20.1. The molecule has 0 bridgehead atoms. The first-order chi connectivity index (χ1) is 15.5. The smallest absolute Gasteiger partial charge is 0.266 e. The Morgan fingerprint density at radius 2 is 1.91 bits per heavy atom. The number of nitrogens with zero attached hydrogens (tertiary/aromatic N) is 3. The number of hydrogen-bond donors (Lipinski definition) is 1. The fraction of sp³-hybridized carbons (Fsp3) is 0.167. The molecule has 0 fully saturated rings. The molecule has 0 aliphatic rings. The van der Waals surface area contributed by atoms with E-state index in [9.17, 15) is 9.59 Å². The maximum Gasteiger partial charge on any atom is 0.266 e. The summed E-state index contributed by atoms with van der Waals surface area (Å²) in [6.45, 7) is 2.46. The van der Waals surface area contributed by atoms with Crippen LogP contribution in [0.15, 0.2) is 71.5 Å². The van der Waals surface area contributed by atoms with Crippen molar-refractivity contribution in [2.24, 2.45) is 0 Å². The molecule has 1 N–H and O–H groups in total. The number of aryl methyl sites for hydroxylation is 1. The molecule has 8 heteroatoms. The Hall–Kier alpha value is -3.78. The van der Waals surface area contributed by atoms with Gasteiger partial charge in [-0.15, -0.1) is 11.3 Å². The molecule has 4 aromatic rings. The third-order valence-corrected chi connectivity index (χ3v) is 6.09. The first kappa shape index (κ1) is 21.5. The molecule has 2 aromatic carbocycles. The molecule has 2 heterocycles. The van der Waals surface area contributed by atoms with Crippen LogP contribution in [0.5, 0.6) is 5.75 Å². The summed E-state index contributed by atoms with van der Waals surface area (Å²) in [5.74, 6) is 0.372. The fourth-order valence-electron chi connectivity index (χ4n) is 3.21. The van der Waals surface area contributed by atoms with Crippen LogP contribution in [0.2, 0.25) is 0 Å². The van der Waals surface area contributed by atoms with Crippen molar-refractivity contribution in [2.75, 3.05) is 13.7 Å². The Balaban J connectivity index is 1.48. The molecule has 162 valence electrons. The van der Waals surface area contributed by atoms with Crippen molar-refractivity contribution in [3.8, 4) is 26.9 Å². The van der Waals surface area contributed by atoms with Crippen molar-refractivity contribution < 1.29 is 9.53 Å². The van der Waals surface area contributed by atoms with E-state index in [1.165, 1.54) is 22.1 Å². The molecule has 0 aliphatic heterocycles. The van der Waals surface area contributed by atoms with Gasteiger partial charge in [0.25, 0.3) is 11.5 Å². The standard InChI is InChI=1S/C24H22N4O3S/c1-16-22(32-24(26-16)17-7-4-3-5-8-17)20-11-12-21(29)28(27-20)14-13-25-23(30)18-9-6-10-19(15-18)31-2/h3-12,15H,13-14H2,1-2H3,(H,25,30). The van der Waals surface area contributed by atoms with E-state index < -0.39 is 0 Å². The first-order valence-electron chi connectivity index (χ1n) is 10.1. The second-order valence-electron chi connectivity index (χ2n) is 7.07. The lowest BCUT2D eigenvalue weighted by Crippen LogP contribution is -2.31. The van der Waals surface area contributed by atoms with E-state index in [1.807, 2.05) is 37.3 Å². The van der Waals surface area contributed by atoms with Gasteiger partial charge in [-0.05, 0) is 31.2 Å². The van der Waals surface area contributed by atoms with Gasteiger partial charge in [-0.3, -0.25) is 9.59 Å². The van der Waals surface area contributed by atoms with Gasteiger partial charge in [-0.25, -0.2) is 9.67 Å². The van der Waals surface area contributed by atoms with Crippen LogP contribution in [0.25, 0.3) is 21.1 Å². The number of amides is 1. The molecule has 0 saturated heterocycles. The van der Waals surface area contributed by atoms with Crippen LogP contribution >= 0.6 is 11.3 Å². The molecule has 0 aliphatic carbocycles. The molecular weight excluding hydrogens is 424 g/mol. The highest BCUT2D eigenvalue weighted by atomic mass is 32.1. The Kier molecular flexibility index (Phi) is 6.42. The zero-order valence-electron chi connectivity index (χ0n) is 17.7. The van der Waals surface area contributed by atoms with Crippen molar-refractivity contribution in [1.29, 1.82) is 0 Å². The molecule has 0 unspecified atom stereocenters. The topological polar surface area (TPSA) is 86.1 Å². The number of benzene rings is 2. The Morgan fingerprint density at radius 3 is 2.69 bits per heavy atom. The van der Waals surface area contributed by atoms with Crippen LogP contribution in [-0.2, 0) is 6.54 Å². The van der Waals surface area contributed by atoms with Gasteiger partial charge in [0, 0.05) is 23.7 Å². The van der Waals surface area contributed by atoms with Crippen molar-refractivity contribution in [1.82, 2.24) is 20.1 Å². The van der Waals surface area contributed by atoms with Crippen LogP contribution in [0.4, 0.5) is 0 Å². The van der Waals surface area contributed by atoms with Gasteiger partial charge < -0.3 is 10.1 Å². The Bertz CT molecular complexity index is 1300. The maximum absolute atomic E-state index is 12.4. The molecule has 32 heavy (non-hydrogen) atoms. The summed E-state index contributed by atoms with van der Waals surface area (Å²) in [5.41, 5.74) is 2.85. The highest BCUT2D eigenvalue weighted by Crippen LogP contribution is 2.33. The zero-order valence-corrected chi connectivity index (χ0v) is 18.6. The van der Waals surface area contributed by atoms with Gasteiger partial charge >= 0.3 is 0 Å². The van der Waals surface area contributed by atoms with Crippen LogP contribution in [0.1, 0.15) is 16.1 Å². The largest absolute Gasteiger partial charge is 0.497 e. The normalized spacial score (nSPS) is 10.7. The number of carbonyl (C=O) groups is 1. The summed E-state index contributed by atoms with van der Waals surface area (Å²) in [6.07, 6.45) is 0. The number of thiazole rings is 1. The van der Waals surface area contributed by atoms with Crippen LogP contribution in [0, 0.1) is 6.92 Å². The molecule has 0 saturated carbocycles. The number of aromatic nitrogens is 3. The zero-order chi connectivity index (χ0) is 22.5. The third-order valence-electron chi connectivity index (χ3n) is 4.86. The molecule has 2 aromatic heterocycles. The molecule has 1 amide bonds. The van der Waals surface area contributed by atoms with E-state index in [0.29, 0.717) is 17.0 Å². The number of nitrogens with one attached hydrogen (secondary N) is 1. The number of rotatable bonds is 7. The fourth-order valence-corrected chi connectivity index (χ4v) is 4.25. The first-order valence-corrected chi connectivity index (χ1v) is 10.9. The highest BCUT2D eigenvalue weighted by molar-refractivity contribution is 7.18. The lowest BCUT2D eigenvalue weighted by atomic mass is 10.2. The number of ether oxygens (including phenoxy) is 1. The van der Waals surface area contributed by atoms with Crippen molar-refractivity contribution in [2.45, 2.75) is 13.5 Å². The minimum Gasteiger partial charge on any atom is -0.497 e. The molecule has 4 rings (SSSR count). The van der Waals surface area contributed by atoms with Crippen LogP contribution < -0.4 is 15.6 Å². The quantitative estimate of drug-likeness (QED) is 0.467. The van der Waals surface area contributed by atoms with E-state index >= 15 is 0 Å². The minimum absolute atomic E-state index is 0.227. The van der Waals surface area contributed by atoms with Gasteiger partial charge in [-0.1, -0.05) is 36.4 Å².